The fourth-order valence-electron chi connectivity index (χ4n) is 1.74. The Morgan fingerprint density at radius 1 is 1.62 bits per heavy atom. The van der Waals surface area contributed by atoms with Gasteiger partial charge in [-0.05, 0) is 12.8 Å². The molecule has 2 heteroatoms. The van der Waals surface area contributed by atoms with Crippen LogP contribution in [-0.4, -0.2) is 12.6 Å². The minimum Gasteiger partial charge on any atom is -0.462 e. The Balaban J connectivity index is 2.51. The van der Waals surface area contributed by atoms with Gasteiger partial charge in [-0.2, -0.15) is 0 Å². The molecule has 0 saturated carbocycles. The van der Waals surface area contributed by atoms with Gasteiger partial charge in [0.1, 0.15) is 0 Å². The molecule has 0 aromatic heterocycles. The van der Waals surface area contributed by atoms with E-state index < -0.39 is 0 Å². The summed E-state index contributed by atoms with van der Waals surface area (Å²) in [6.07, 6.45) is 4.30. The maximum atomic E-state index is 11.0. The molecule has 13 heavy (non-hydrogen) atoms. The van der Waals surface area contributed by atoms with Crippen molar-refractivity contribution in [2.75, 3.05) is 6.61 Å². The number of cyclic esters (lactones) is 1. The Labute approximate surface area is 80.0 Å². The summed E-state index contributed by atoms with van der Waals surface area (Å²) in [5, 5.41) is 0. The number of rotatable bonds is 3. The SMILES string of the molecule is C=C1CC(C)(CCCC)COC1=O. The summed E-state index contributed by atoms with van der Waals surface area (Å²) in [6, 6.07) is 0. The van der Waals surface area contributed by atoms with E-state index in [-0.39, 0.29) is 11.4 Å². The summed E-state index contributed by atoms with van der Waals surface area (Å²) < 4.78 is 5.06. The lowest BCUT2D eigenvalue weighted by Gasteiger charge is -2.33. The van der Waals surface area contributed by atoms with Crippen LogP contribution >= 0.6 is 0 Å². The maximum absolute atomic E-state index is 11.0. The third kappa shape index (κ3) is 2.58. The molecule has 0 spiro atoms. The molecule has 1 heterocycles. The quantitative estimate of drug-likeness (QED) is 0.495. The second-order valence-electron chi connectivity index (χ2n) is 4.27. The molecule has 1 aliphatic heterocycles. The lowest BCUT2D eigenvalue weighted by Crippen LogP contribution is -2.32. The Kier molecular flexibility index (Phi) is 3.12. The van der Waals surface area contributed by atoms with Gasteiger partial charge in [0, 0.05) is 11.0 Å². The van der Waals surface area contributed by atoms with Gasteiger partial charge < -0.3 is 4.74 Å². The van der Waals surface area contributed by atoms with E-state index >= 15 is 0 Å². The molecular formula is C11H18O2. The molecule has 0 aromatic carbocycles. The molecule has 0 aliphatic carbocycles. The van der Waals surface area contributed by atoms with Crippen LogP contribution in [0.4, 0.5) is 0 Å². The summed E-state index contributed by atoms with van der Waals surface area (Å²) in [7, 11) is 0. The molecular weight excluding hydrogens is 164 g/mol. The predicted octanol–water partition coefficient (Wildman–Crippen LogP) is 2.69. The molecule has 0 radical (unpaired) electrons. The number of hydrogen-bond acceptors (Lipinski definition) is 2. The van der Waals surface area contributed by atoms with E-state index in [1.165, 1.54) is 12.8 Å². The molecule has 1 fully saturated rings. The Hall–Kier alpha value is -0.790. The largest absolute Gasteiger partial charge is 0.462 e. The fourth-order valence-corrected chi connectivity index (χ4v) is 1.74. The average Bonchev–Trinajstić information content (AvgIpc) is 2.09. The van der Waals surface area contributed by atoms with Crippen molar-refractivity contribution in [1.29, 1.82) is 0 Å². The van der Waals surface area contributed by atoms with Gasteiger partial charge in [-0.25, -0.2) is 4.79 Å². The lowest BCUT2D eigenvalue weighted by atomic mass is 9.79. The molecule has 1 saturated heterocycles. The van der Waals surface area contributed by atoms with Gasteiger partial charge in [0.25, 0.3) is 0 Å². The predicted molar refractivity (Wildman–Crippen MR) is 52.3 cm³/mol. The number of carbonyl (C=O) groups is 1. The molecule has 1 rings (SSSR count). The van der Waals surface area contributed by atoms with Crippen molar-refractivity contribution in [3.63, 3.8) is 0 Å². The first-order chi connectivity index (χ1) is 6.07. The normalized spacial score (nSPS) is 28.8. The van der Waals surface area contributed by atoms with Crippen molar-refractivity contribution in [3.8, 4) is 0 Å². The molecule has 0 aromatic rings. The first-order valence-electron chi connectivity index (χ1n) is 4.92. The van der Waals surface area contributed by atoms with E-state index in [0.29, 0.717) is 12.2 Å². The molecule has 1 unspecified atom stereocenters. The second-order valence-corrected chi connectivity index (χ2v) is 4.27. The van der Waals surface area contributed by atoms with Crippen LogP contribution in [-0.2, 0) is 9.53 Å². The van der Waals surface area contributed by atoms with Gasteiger partial charge in [-0.1, -0.05) is 33.3 Å². The van der Waals surface area contributed by atoms with Gasteiger partial charge in [0.05, 0.1) is 6.61 Å². The number of ether oxygens (including phenoxy) is 1. The van der Waals surface area contributed by atoms with Crippen LogP contribution < -0.4 is 0 Å². The van der Waals surface area contributed by atoms with E-state index in [4.69, 9.17) is 4.74 Å². The van der Waals surface area contributed by atoms with Crippen molar-refractivity contribution in [2.24, 2.45) is 5.41 Å². The van der Waals surface area contributed by atoms with Crippen LogP contribution in [0.15, 0.2) is 12.2 Å². The lowest BCUT2D eigenvalue weighted by molar-refractivity contribution is -0.147. The van der Waals surface area contributed by atoms with Gasteiger partial charge in [-0.15, -0.1) is 0 Å². The van der Waals surface area contributed by atoms with Crippen molar-refractivity contribution in [1.82, 2.24) is 0 Å². The Bertz CT molecular complexity index is 220. The molecule has 0 bridgehead atoms. The van der Waals surface area contributed by atoms with E-state index in [1.54, 1.807) is 0 Å². The van der Waals surface area contributed by atoms with Crippen molar-refractivity contribution < 1.29 is 9.53 Å². The fraction of sp³-hybridized carbons (Fsp3) is 0.727. The third-order valence-corrected chi connectivity index (χ3v) is 2.61. The van der Waals surface area contributed by atoms with Crippen LogP contribution in [0.2, 0.25) is 0 Å². The third-order valence-electron chi connectivity index (χ3n) is 2.61. The topological polar surface area (TPSA) is 26.3 Å². The highest BCUT2D eigenvalue weighted by Crippen LogP contribution is 2.35. The minimum atomic E-state index is -0.214. The van der Waals surface area contributed by atoms with Crippen LogP contribution in [0.1, 0.15) is 39.5 Å². The monoisotopic (exact) mass is 182 g/mol. The summed E-state index contributed by atoms with van der Waals surface area (Å²) in [5.41, 5.74) is 0.769. The summed E-state index contributed by atoms with van der Waals surface area (Å²) in [4.78, 5) is 11.0. The Morgan fingerprint density at radius 3 is 2.85 bits per heavy atom. The van der Waals surface area contributed by atoms with Gasteiger partial charge in [-0.3, -0.25) is 0 Å². The Morgan fingerprint density at radius 2 is 2.31 bits per heavy atom. The molecule has 0 amide bonds. The average molecular weight is 182 g/mol. The standard InChI is InChI=1S/C11H18O2/c1-4-5-6-11(3)7-9(2)10(12)13-8-11/h2,4-8H2,1,3H3. The highest BCUT2D eigenvalue weighted by atomic mass is 16.5. The molecule has 1 aliphatic rings. The second kappa shape index (κ2) is 3.95. The summed E-state index contributed by atoms with van der Waals surface area (Å²) in [5.74, 6) is -0.214. The smallest absolute Gasteiger partial charge is 0.333 e. The van der Waals surface area contributed by atoms with Crippen LogP contribution in [0, 0.1) is 5.41 Å². The van der Waals surface area contributed by atoms with Crippen molar-refractivity contribution in [3.05, 3.63) is 12.2 Å². The zero-order chi connectivity index (χ0) is 9.90. The molecule has 74 valence electrons. The number of carbonyl (C=O) groups excluding carboxylic acids is 1. The maximum Gasteiger partial charge on any atom is 0.333 e. The van der Waals surface area contributed by atoms with Crippen LogP contribution in [0.25, 0.3) is 0 Å². The van der Waals surface area contributed by atoms with Crippen molar-refractivity contribution in [2.45, 2.75) is 39.5 Å². The van der Waals surface area contributed by atoms with E-state index in [0.717, 1.165) is 12.8 Å². The molecule has 1 atom stereocenters. The number of unbranched alkanes of at least 4 members (excludes halogenated alkanes) is 1. The first-order valence-corrected chi connectivity index (χ1v) is 4.92. The number of hydrogen-bond donors (Lipinski definition) is 0. The zero-order valence-corrected chi connectivity index (χ0v) is 8.56. The molecule has 0 N–H and O–H groups in total. The van der Waals surface area contributed by atoms with E-state index in [9.17, 15) is 4.79 Å². The van der Waals surface area contributed by atoms with Crippen LogP contribution in [0.3, 0.4) is 0 Å². The van der Waals surface area contributed by atoms with Gasteiger partial charge in [0.15, 0.2) is 0 Å². The number of esters is 1. The van der Waals surface area contributed by atoms with E-state index in [1.807, 2.05) is 0 Å². The minimum absolute atomic E-state index is 0.140. The first kappa shape index (κ1) is 10.3. The van der Waals surface area contributed by atoms with Gasteiger partial charge in [0.2, 0.25) is 0 Å². The highest BCUT2D eigenvalue weighted by Gasteiger charge is 2.33. The van der Waals surface area contributed by atoms with E-state index in [2.05, 4.69) is 20.4 Å². The zero-order valence-electron chi connectivity index (χ0n) is 8.56. The molecule has 2 nitrogen and oxygen atoms in total. The van der Waals surface area contributed by atoms with Crippen LogP contribution in [0.5, 0.6) is 0 Å². The van der Waals surface area contributed by atoms with Gasteiger partial charge >= 0.3 is 5.97 Å². The summed E-state index contributed by atoms with van der Waals surface area (Å²) >= 11 is 0. The highest BCUT2D eigenvalue weighted by molar-refractivity contribution is 5.88. The van der Waals surface area contributed by atoms with Crippen molar-refractivity contribution >= 4 is 5.97 Å². The summed E-state index contributed by atoms with van der Waals surface area (Å²) in [6.45, 7) is 8.63.